The lowest BCUT2D eigenvalue weighted by atomic mass is 10.0. The average Bonchev–Trinajstić information content (AvgIpc) is 3.02. The molecule has 0 aliphatic carbocycles. The standard InChI is InChI=1S/C23H17BrClNO3/c1-28-22-11-15(4-9-21(22)29-13-14-2-5-16(24)6-3-14)10-19-18-8-7-17(25)12-20(18)26-23(19)27/h2-12H,13H2,1H3,(H,26,27)/b19-10-. The lowest BCUT2D eigenvalue weighted by molar-refractivity contribution is -0.110. The molecule has 3 aromatic carbocycles. The first-order valence-electron chi connectivity index (χ1n) is 8.92. The summed E-state index contributed by atoms with van der Waals surface area (Å²) in [6, 6.07) is 18.9. The third kappa shape index (κ3) is 4.31. The van der Waals surface area contributed by atoms with Crippen LogP contribution in [0.4, 0.5) is 5.69 Å². The molecule has 1 heterocycles. The largest absolute Gasteiger partial charge is 0.493 e. The molecule has 29 heavy (non-hydrogen) atoms. The first-order valence-corrected chi connectivity index (χ1v) is 10.1. The number of hydrogen-bond acceptors (Lipinski definition) is 3. The quantitative estimate of drug-likeness (QED) is 0.453. The fourth-order valence-corrected chi connectivity index (χ4v) is 3.55. The van der Waals surface area contributed by atoms with E-state index < -0.39 is 0 Å². The van der Waals surface area contributed by atoms with Gasteiger partial charge in [-0.3, -0.25) is 4.79 Å². The van der Waals surface area contributed by atoms with Crippen molar-refractivity contribution in [1.82, 2.24) is 0 Å². The number of hydrogen-bond donors (Lipinski definition) is 1. The maximum atomic E-state index is 12.4. The smallest absolute Gasteiger partial charge is 0.256 e. The molecule has 4 nitrogen and oxygen atoms in total. The number of nitrogens with one attached hydrogen (secondary N) is 1. The van der Waals surface area contributed by atoms with Crippen molar-refractivity contribution < 1.29 is 14.3 Å². The van der Waals surface area contributed by atoms with Crippen LogP contribution in [0, 0.1) is 0 Å². The summed E-state index contributed by atoms with van der Waals surface area (Å²) in [7, 11) is 1.60. The van der Waals surface area contributed by atoms with Crippen molar-refractivity contribution in [2.45, 2.75) is 6.61 Å². The summed E-state index contributed by atoms with van der Waals surface area (Å²) >= 11 is 9.44. The molecule has 1 amide bonds. The van der Waals surface area contributed by atoms with E-state index in [1.165, 1.54) is 0 Å². The van der Waals surface area contributed by atoms with Crippen LogP contribution in [-0.2, 0) is 11.4 Å². The highest BCUT2D eigenvalue weighted by atomic mass is 79.9. The molecule has 4 rings (SSSR count). The summed E-state index contributed by atoms with van der Waals surface area (Å²) in [6.45, 7) is 0.431. The second-order valence-electron chi connectivity index (χ2n) is 6.53. The molecule has 1 aliphatic rings. The van der Waals surface area contributed by atoms with Gasteiger partial charge in [-0.1, -0.05) is 51.8 Å². The minimum atomic E-state index is -0.156. The van der Waals surface area contributed by atoms with Gasteiger partial charge in [-0.05, 0) is 53.6 Å². The van der Waals surface area contributed by atoms with E-state index in [0.29, 0.717) is 28.7 Å². The predicted molar refractivity (Wildman–Crippen MR) is 119 cm³/mol. The van der Waals surface area contributed by atoms with E-state index in [-0.39, 0.29) is 5.91 Å². The zero-order valence-electron chi connectivity index (χ0n) is 15.5. The van der Waals surface area contributed by atoms with Crippen molar-refractivity contribution in [3.05, 3.63) is 86.8 Å². The number of fused-ring (bicyclic) bond motifs is 1. The van der Waals surface area contributed by atoms with Crippen LogP contribution in [0.2, 0.25) is 5.02 Å². The Morgan fingerprint density at radius 1 is 1.03 bits per heavy atom. The summed E-state index contributed by atoms with van der Waals surface area (Å²) in [5.74, 6) is 1.09. The third-order valence-electron chi connectivity index (χ3n) is 4.57. The van der Waals surface area contributed by atoms with Gasteiger partial charge in [-0.25, -0.2) is 0 Å². The summed E-state index contributed by atoms with van der Waals surface area (Å²) in [4.78, 5) is 12.4. The van der Waals surface area contributed by atoms with Crippen molar-refractivity contribution in [3.63, 3.8) is 0 Å². The molecule has 0 atom stereocenters. The molecule has 1 aliphatic heterocycles. The number of amides is 1. The molecule has 3 aromatic rings. The van der Waals surface area contributed by atoms with Gasteiger partial charge in [0.15, 0.2) is 11.5 Å². The second-order valence-corrected chi connectivity index (χ2v) is 7.88. The third-order valence-corrected chi connectivity index (χ3v) is 5.33. The number of methoxy groups -OCH3 is 1. The topological polar surface area (TPSA) is 47.6 Å². The molecule has 0 spiro atoms. The van der Waals surface area contributed by atoms with E-state index in [9.17, 15) is 4.79 Å². The van der Waals surface area contributed by atoms with Crippen molar-refractivity contribution in [3.8, 4) is 11.5 Å². The van der Waals surface area contributed by atoms with E-state index in [4.69, 9.17) is 21.1 Å². The Kier molecular flexibility index (Phi) is 5.60. The highest BCUT2D eigenvalue weighted by Crippen LogP contribution is 2.36. The fourth-order valence-electron chi connectivity index (χ4n) is 3.11. The maximum Gasteiger partial charge on any atom is 0.256 e. The lowest BCUT2D eigenvalue weighted by Crippen LogP contribution is -2.03. The highest BCUT2D eigenvalue weighted by molar-refractivity contribution is 9.10. The van der Waals surface area contributed by atoms with Crippen LogP contribution in [0.3, 0.4) is 0 Å². The minimum absolute atomic E-state index is 0.156. The Bertz CT molecular complexity index is 1110. The van der Waals surface area contributed by atoms with E-state index in [0.717, 1.165) is 26.9 Å². The fraction of sp³-hybridized carbons (Fsp3) is 0.0870. The summed E-state index contributed by atoms with van der Waals surface area (Å²) in [6.07, 6.45) is 1.83. The number of benzene rings is 3. The lowest BCUT2D eigenvalue weighted by Gasteiger charge is -2.12. The Hall–Kier alpha value is -2.76. The van der Waals surface area contributed by atoms with Gasteiger partial charge in [0, 0.05) is 20.6 Å². The molecule has 0 fully saturated rings. The molecule has 146 valence electrons. The van der Waals surface area contributed by atoms with Gasteiger partial charge in [0.1, 0.15) is 6.61 Å². The van der Waals surface area contributed by atoms with Gasteiger partial charge in [0.25, 0.3) is 5.91 Å². The molecule has 0 unspecified atom stereocenters. The van der Waals surface area contributed by atoms with E-state index in [1.54, 1.807) is 19.2 Å². The molecular formula is C23H17BrClNO3. The van der Waals surface area contributed by atoms with Crippen LogP contribution in [0.15, 0.2) is 65.1 Å². The first-order chi connectivity index (χ1) is 14.0. The summed E-state index contributed by atoms with van der Waals surface area (Å²) in [5, 5.41) is 3.42. The van der Waals surface area contributed by atoms with Gasteiger partial charge in [0.2, 0.25) is 0 Å². The first kappa shape index (κ1) is 19.6. The zero-order valence-corrected chi connectivity index (χ0v) is 17.9. The van der Waals surface area contributed by atoms with Gasteiger partial charge >= 0.3 is 0 Å². The van der Waals surface area contributed by atoms with Crippen LogP contribution >= 0.6 is 27.5 Å². The van der Waals surface area contributed by atoms with E-state index in [1.807, 2.05) is 54.6 Å². The highest BCUT2D eigenvalue weighted by Gasteiger charge is 2.24. The van der Waals surface area contributed by atoms with Crippen molar-refractivity contribution in [2.75, 3.05) is 12.4 Å². The number of anilines is 1. The molecule has 0 radical (unpaired) electrons. The molecule has 1 N–H and O–H groups in total. The van der Waals surface area contributed by atoms with E-state index >= 15 is 0 Å². The Morgan fingerprint density at radius 3 is 2.59 bits per heavy atom. The van der Waals surface area contributed by atoms with Crippen molar-refractivity contribution >= 4 is 50.8 Å². The van der Waals surface area contributed by atoms with E-state index in [2.05, 4.69) is 21.2 Å². The number of halogens is 2. The van der Waals surface area contributed by atoms with Crippen LogP contribution in [0.1, 0.15) is 16.7 Å². The minimum Gasteiger partial charge on any atom is -0.493 e. The SMILES string of the molecule is COc1cc(/C=C2\C(=O)Nc3cc(Cl)ccc32)ccc1OCc1ccc(Br)cc1. The van der Waals surface area contributed by atoms with Gasteiger partial charge in [0.05, 0.1) is 12.8 Å². The van der Waals surface area contributed by atoms with Gasteiger partial charge in [-0.15, -0.1) is 0 Å². The molecular weight excluding hydrogens is 454 g/mol. The molecule has 0 saturated carbocycles. The number of ether oxygens (including phenoxy) is 2. The molecule has 0 saturated heterocycles. The van der Waals surface area contributed by atoms with Crippen molar-refractivity contribution in [1.29, 1.82) is 0 Å². The Labute approximate surface area is 182 Å². The summed E-state index contributed by atoms with van der Waals surface area (Å²) < 4.78 is 12.4. The number of carbonyl (C=O) groups excluding carboxylic acids is 1. The molecule has 0 aromatic heterocycles. The summed E-state index contributed by atoms with van der Waals surface area (Å²) in [5.41, 5.74) is 4.02. The second kappa shape index (κ2) is 8.31. The van der Waals surface area contributed by atoms with Crippen LogP contribution in [-0.4, -0.2) is 13.0 Å². The van der Waals surface area contributed by atoms with Crippen LogP contribution in [0.25, 0.3) is 11.6 Å². The van der Waals surface area contributed by atoms with Crippen LogP contribution in [0.5, 0.6) is 11.5 Å². The predicted octanol–water partition coefficient (Wildman–Crippen LogP) is 6.18. The van der Waals surface area contributed by atoms with Gasteiger partial charge in [-0.2, -0.15) is 0 Å². The average molecular weight is 471 g/mol. The monoisotopic (exact) mass is 469 g/mol. The Balaban J connectivity index is 1.58. The number of rotatable bonds is 5. The molecule has 0 bridgehead atoms. The maximum absolute atomic E-state index is 12.4. The normalized spacial score (nSPS) is 13.9. The zero-order chi connectivity index (χ0) is 20.4. The Morgan fingerprint density at radius 2 is 1.83 bits per heavy atom. The van der Waals surface area contributed by atoms with Gasteiger partial charge < -0.3 is 14.8 Å². The molecule has 6 heteroatoms. The number of carbonyl (C=O) groups is 1. The van der Waals surface area contributed by atoms with Crippen LogP contribution < -0.4 is 14.8 Å². The van der Waals surface area contributed by atoms with Crippen molar-refractivity contribution in [2.24, 2.45) is 0 Å².